The summed E-state index contributed by atoms with van der Waals surface area (Å²) in [6, 6.07) is 19.3. The SMILES string of the molecule is O=C(/C=C/c1ccc(CNC(=O)c2ccc(N3CCN(Cc4cccnc4)CC3)cc2)cc1)NO. The lowest BCUT2D eigenvalue weighted by Gasteiger charge is -2.36. The van der Waals surface area contributed by atoms with E-state index in [4.69, 9.17) is 5.21 Å². The Hall–Kier alpha value is -4.01. The van der Waals surface area contributed by atoms with Crippen molar-refractivity contribution in [3.63, 3.8) is 0 Å². The fraction of sp³-hybridized carbons (Fsp3) is 0.222. The summed E-state index contributed by atoms with van der Waals surface area (Å²) in [5, 5.41) is 11.5. The minimum absolute atomic E-state index is 0.124. The van der Waals surface area contributed by atoms with E-state index in [9.17, 15) is 9.59 Å². The van der Waals surface area contributed by atoms with E-state index in [1.165, 1.54) is 11.6 Å². The van der Waals surface area contributed by atoms with Crippen LogP contribution in [0.3, 0.4) is 0 Å². The molecule has 1 aliphatic heterocycles. The number of anilines is 1. The number of hydrogen-bond donors (Lipinski definition) is 3. The molecule has 3 aromatic rings. The molecule has 1 fully saturated rings. The van der Waals surface area contributed by atoms with Gasteiger partial charge in [-0.15, -0.1) is 0 Å². The third kappa shape index (κ3) is 6.99. The maximum Gasteiger partial charge on any atom is 0.267 e. The van der Waals surface area contributed by atoms with Gasteiger partial charge in [-0.1, -0.05) is 30.3 Å². The molecule has 0 atom stereocenters. The Labute approximate surface area is 204 Å². The van der Waals surface area contributed by atoms with Crippen molar-refractivity contribution >= 4 is 23.6 Å². The second-order valence-corrected chi connectivity index (χ2v) is 8.40. The Morgan fingerprint density at radius 1 is 0.943 bits per heavy atom. The number of hydroxylamine groups is 1. The summed E-state index contributed by atoms with van der Waals surface area (Å²) in [6.07, 6.45) is 6.55. The first-order valence-electron chi connectivity index (χ1n) is 11.6. The molecule has 0 saturated carbocycles. The minimum Gasteiger partial charge on any atom is -0.369 e. The summed E-state index contributed by atoms with van der Waals surface area (Å²) in [5.41, 5.74) is 6.29. The molecule has 2 amide bonds. The average molecular weight is 472 g/mol. The maximum absolute atomic E-state index is 12.6. The average Bonchev–Trinajstić information content (AvgIpc) is 2.92. The topological polar surface area (TPSA) is 97.8 Å². The largest absolute Gasteiger partial charge is 0.369 e. The lowest BCUT2D eigenvalue weighted by atomic mass is 10.1. The summed E-state index contributed by atoms with van der Waals surface area (Å²) < 4.78 is 0. The molecular weight excluding hydrogens is 442 g/mol. The predicted octanol–water partition coefficient (Wildman–Crippen LogP) is 2.85. The summed E-state index contributed by atoms with van der Waals surface area (Å²) >= 11 is 0. The van der Waals surface area contributed by atoms with Gasteiger partial charge in [0.1, 0.15) is 0 Å². The molecule has 1 saturated heterocycles. The van der Waals surface area contributed by atoms with Crippen molar-refractivity contribution in [2.24, 2.45) is 0 Å². The number of aromatic nitrogens is 1. The van der Waals surface area contributed by atoms with Gasteiger partial charge in [-0.25, -0.2) is 5.48 Å². The van der Waals surface area contributed by atoms with Crippen LogP contribution in [0.4, 0.5) is 5.69 Å². The zero-order valence-corrected chi connectivity index (χ0v) is 19.4. The van der Waals surface area contributed by atoms with Crippen LogP contribution in [-0.4, -0.2) is 53.1 Å². The van der Waals surface area contributed by atoms with Crippen molar-refractivity contribution in [2.75, 3.05) is 31.1 Å². The molecule has 8 nitrogen and oxygen atoms in total. The normalized spacial score (nSPS) is 14.1. The van der Waals surface area contributed by atoms with Crippen LogP contribution in [0, 0.1) is 0 Å². The smallest absolute Gasteiger partial charge is 0.267 e. The van der Waals surface area contributed by atoms with Crippen molar-refractivity contribution in [1.29, 1.82) is 0 Å². The third-order valence-electron chi connectivity index (χ3n) is 5.97. The van der Waals surface area contributed by atoms with Gasteiger partial charge in [0.25, 0.3) is 11.8 Å². The first kappa shape index (κ1) is 24.1. The van der Waals surface area contributed by atoms with E-state index in [2.05, 4.69) is 26.2 Å². The minimum atomic E-state index is -0.588. The van der Waals surface area contributed by atoms with Gasteiger partial charge in [0.05, 0.1) is 0 Å². The predicted molar refractivity (Wildman–Crippen MR) is 135 cm³/mol. The van der Waals surface area contributed by atoms with E-state index in [0.717, 1.165) is 49.5 Å². The highest BCUT2D eigenvalue weighted by Gasteiger charge is 2.17. The summed E-state index contributed by atoms with van der Waals surface area (Å²) in [6.45, 7) is 5.19. The van der Waals surface area contributed by atoms with Crippen molar-refractivity contribution < 1.29 is 14.8 Å². The summed E-state index contributed by atoms with van der Waals surface area (Å²) in [7, 11) is 0. The second-order valence-electron chi connectivity index (χ2n) is 8.40. The number of pyridine rings is 1. The van der Waals surface area contributed by atoms with Crippen LogP contribution in [0.15, 0.2) is 79.1 Å². The Balaban J connectivity index is 1.24. The highest BCUT2D eigenvalue weighted by Crippen LogP contribution is 2.18. The molecule has 8 heteroatoms. The lowest BCUT2D eigenvalue weighted by Crippen LogP contribution is -2.46. The molecule has 0 bridgehead atoms. The number of nitrogens with zero attached hydrogens (tertiary/aromatic N) is 3. The molecular formula is C27H29N5O3. The van der Waals surface area contributed by atoms with Crippen LogP contribution in [0.1, 0.15) is 27.0 Å². The summed E-state index contributed by atoms with van der Waals surface area (Å²) in [4.78, 5) is 32.6. The second kappa shape index (κ2) is 11.9. The lowest BCUT2D eigenvalue weighted by molar-refractivity contribution is -0.124. The first-order valence-corrected chi connectivity index (χ1v) is 11.6. The monoisotopic (exact) mass is 471 g/mol. The molecule has 0 radical (unpaired) electrons. The van der Waals surface area contributed by atoms with Crippen LogP contribution < -0.4 is 15.7 Å². The molecule has 4 rings (SSSR count). The first-order chi connectivity index (χ1) is 17.1. The molecule has 0 spiro atoms. The van der Waals surface area contributed by atoms with Gasteiger partial charge in [0.2, 0.25) is 0 Å². The number of amides is 2. The van der Waals surface area contributed by atoms with Crippen molar-refractivity contribution in [1.82, 2.24) is 20.7 Å². The van der Waals surface area contributed by atoms with E-state index in [-0.39, 0.29) is 5.91 Å². The van der Waals surface area contributed by atoms with Crippen LogP contribution in [0.2, 0.25) is 0 Å². The van der Waals surface area contributed by atoms with Crippen LogP contribution >= 0.6 is 0 Å². The fourth-order valence-corrected chi connectivity index (χ4v) is 3.98. The van der Waals surface area contributed by atoms with E-state index < -0.39 is 5.91 Å². The van der Waals surface area contributed by atoms with Gasteiger partial charge < -0.3 is 10.2 Å². The molecule has 3 N–H and O–H groups in total. The molecule has 1 aromatic heterocycles. The molecule has 0 unspecified atom stereocenters. The Morgan fingerprint density at radius 2 is 1.69 bits per heavy atom. The number of benzene rings is 2. The number of carbonyl (C=O) groups excluding carboxylic acids is 2. The van der Waals surface area contributed by atoms with Crippen LogP contribution in [0.5, 0.6) is 0 Å². The third-order valence-corrected chi connectivity index (χ3v) is 5.97. The Kier molecular flexibility index (Phi) is 8.21. The standard InChI is InChI=1S/C27H29N5O3/c33-26(30-35)12-7-21-3-5-22(6-4-21)19-29-27(34)24-8-10-25(11-9-24)32-16-14-31(15-17-32)20-23-2-1-13-28-18-23/h1-13,18,35H,14-17,19-20H2,(H,29,34)(H,30,33)/b12-7+. The van der Waals surface area contributed by atoms with E-state index >= 15 is 0 Å². The number of nitrogens with one attached hydrogen (secondary N) is 2. The number of rotatable bonds is 8. The van der Waals surface area contributed by atoms with E-state index in [0.29, 0.717) is 12.1 Å². The number of piperazine rings is 1. The van der Waals surface area contributed by atoms with Gasteiger partial charge in [-0.2, -0.15) is 0 Å². The van der Waals surface area contributed by atoms with Gasteiger partial charge in [-0.3, -0.25) is 24.7 Å². The van der Waals surface area contributed by atoms with Crippen LogP contribution in [-0.2, 0) is 17.9 Å². The molecule has 1 aliphatic rings. The molecule has 35 heavy (non-hydrogen) atoms. The van der Waals surface area contributed by atoms with Crippen molar-refractivity contribution in [3.8, 4) is 0 Å². The van der Waals surface area contributed by atoms with Gasteiger partial charge in [-0.05, 0) is 53.1 Å². The van der Waals surface area contributed by atoms with Crippen LogP contribution in [0.25, 0.3) is 6.08 Å². The van der Waals surface area contributed by atoms with Gasteiger partial charge in [0.15, 0.2) is 0 Å². The Morgan fingerprint density at radius 3 is 2.34 bits per heavy atom. The zero-order valence-electron chi connectivity index (χ0n) is 19.4. The fourth-order valence-electron chi connectivity index (χ4n) is 3.98. The maximum atomic E-state index is 12.6. The summed E-state index contributed by atoms with van der Waals surface area (Å²) in [5.74, 6) is -0.711. The molecule has 0 aliphatic carbocycles. The molecule has 2 aromatic carbocycles. The number of hydrogen-bond acceptors (Lipinski definition) is 6. The van der Waals surface area contributed by atoms with Crippen molar-refractivity contribution in [2.45, 2.75) is 13.1 Å². The zero-order chi connectivity index (χ0) is 24.5. The Bertz CT molecular complexity index is 1140. The van der Waals surface area contributed by atoms with Crippen molar-refractivity contribution in [3.05, 3.63) is 101 Å². The molecule has 2 heterocycles. The van der Waals surface area contributed by atoms with Gasteiger partial charge in [0, 0.05) is 69.0 Å². The highest BCUT2D eigenvalue weighted by atomic mass is 16.5. The van der Waals surface area contributed by atoms with E-state index in [1.807, 2.05) is 60.8 Å². The quantitative estimate of drug-likeness (QED) is 0.266. The molecule has 180 valence electrons. The highest BCUT2D eigenvalue weighted by molar-refractivity contribution is 5.94. The van der Waals surface area contributed by atoms with Gasteiger partial charge >= 0.3 is 0 Å². The van der Waals surface area contributed by atoms with E-state index in [1.54, 1.807) is 17.8 Å². The number of carbonyl (C=O) groups is 2.